The van der Waals surface area contributed by atoms with Crippen molar-refractivity contribution in [2.45, 2.75) is 25.7 Å². The van der Waals surface area contributed by atoms with E-state index in [-0.39, 0.29) is 19.4 Å². The van der Waals surface area contributed by atoms with E-state index in [0.717, 1.165) is 11.1 Å². The molecule has 2 aromatic carbocycles. The van der Waals surface area contributed by atoms with Gasteiger partial charge in [-0.1, -0.05) is 60.7 Å². The predicted molar refractivity (Wildman–Crippen MR) is 113 cm³/mol. The van der Waals surface area contributed by atoms with E-state index in [0.29, 0.717) is 24.3 Å². The summed E-state index contributed by atoms with van der Waals surface area (Å²) in [4.78, 5) is 22.2. The number of carboxylic acid groups (broad SMARTS) is 2. The van der Waals surface area contributed by atoms with E-state index in [2.05, 4.69) is 4.36 Å². The zero-order chi connectivity index (χ0) is 21.1. The summed E-state index contributed by atoms with van der Waals surface area (Å²) in [5.41, 5.74) is 2.10. The average Bonchev–Trinajstić information content (AvgIpc) is 2.72. The first-order valence-corrected chi connectivity index (χ1v) is 11.4. The number of hydrogen-bond acceptors (Lipinski definition) is 4. The zero-order valence-corrected chi connectivity index (χ0v) is 17.1. The molecule has 0 aliphatic carbocycles. The van der Waals surface area contributed by atoms with Gasteiger partial charge in [0.15, 0.2) is 0 Å². The molecular weight excluding hydrogens is 390 g/mol. The third kappa shape index (κ3) is 8.48. The molecule has 1 unspecified atom stereocenters. The van der Waals surface area contributed by atoms with Crippen LogP contribution >= 0.6 is 0 Å². The topological polar surface area (TPSA) is 104 Å². The van der Waals surface area contributed by atoms with Gasteiger partial charge in [0.2, 0.25) is 0 Å². The van der Waals surface area contributed by atoms with Gasteiger partial charge in [-0.3, -0.25) is 9.59 Å². The van der Waals surface area contributed by atoms with Crippen LogP contribution in [0.1, 0.15) is 24.0 Å². The summed E-state index contributed by atoms with van der Waals surface area (Å²) < 4.78 is 17.9. The Morgan fingerprint density at radius 1 is 0.862 bits per heavy atom. The lowest BCUT2D eigenvalue weighted by atomic mass is 10.0. The van der Waals surface area contributed by atoms with Crippen LogP contribution in [0.15, 0.2) is 65.0 Å². The summed E-state index contributed by atoms with van der Waals surface area (Å²) in [5.74, 6) is -2.42. The van der Waals surface area contributed by atoms with E-state index < -0.39 is 27.6 Å². The summed E-state index contributed by atoms with van der Waals surface area (Å²) in [5, 5.41) is 18.2. The second-order valence-electron chi connectivity index (χ2n) is 6.93. The molecule has 0 bridgehead atoms. The van der Waals surface area contributed by atoms with Crippen LogP contribution in [0.25, 0.3) is 0 Å². The second-order valence-corrected chi connectivity index (χ2v) is 9.55. The van der Waals surface area contributed by atoms with E-state index in [1.54, 1.807) is 0 Å². The van der Waals surface area contributed by atoms with Crippen LogP contribution in [-0.4, -0.2) is 44.4 Å². The average molecular weight is 418 g/mol. The Morgan fingerprint density at radius 3 is 1.76 bits per heavy atom. The van der Waals surface area contributed by atoms with Crippen molar-refractivity contribution in [1.29, 1.82) is 0 Å². The van der Waals surface area contributed by atoms with Gasteiger partial charge in [0, 0.05) is 27.7 Å². The largest absolute Gasteiger partial charge is 0.481 e. The molecule has 29 heavy (non-hydrogen) atoms. The van der Waals surface area contributed by atoms with E-state index in [9.17, 15) is 18.9 Å². The maximum Gasteiger partial charge on any atom is 0.308 e. The van der Waals surface area contributed by atoms with Crippen molar-refractivity contribution in [2.75, 3.05) is 18.1 Å². The molecule has 0 spiro atoms. The molecular formula is C22H27NO5S. The first-order chi connectivity index (χ1) is 13.9. The van der Waals surface area contributed by atoms with Gasteiger partial charge in [-0.2, -0.15) is 0 Å². The molecule has 6 nitrogen and oxygen atoms in total. The highest BCUT2D eigenvalue weighted by Gasteiger charge is 2.20. The minimum Gasteiger partial charge on any atom is -0.481 e. The first-order valence-electron chi connectivity index (χ1n) is 9.59. The van der Waals surface area contributed by atoms with Crippen LogP contribution in [0.5, 0.6) is 0 Å². The lowest BCUT2D eigenvalue weighted by molar-refractivity contribution is -0.142. The molecule has 0 fully saturated rings. The monoisotopic (exact) mass is 417 g/mol. The summed E-state index contributed by atoms with van der Waals surface area (Å²) in [6, 6.07) is 19.4. The van der Waals surface area contributed by atoms with Gasteiger partial charge in [0.25, 0.3) is 0 Å². The molecule has 2 N–H and O–H groups in total. The fraction of sp³-hybridized carbons (Fsp3) is 0.364. The lowest BCUT2D eigenvalue weighted by Crippen LogP contribution is -2.21. The Bertz CT molecular complexity index is 856. The van der Waals surface area contributed by atoms with Gasteiger partial charge >= 0.3 is 11.9 Å². The molecule has 7 heteroatoms. The Kier molecular flexibility index (Phi) is 8.86. The van der Waals surface area contributed by atoms with E-state index in [4.69, 9.17) is 5.11 Å². The quantitative estimate of drug-likeness (QED) is 0.550. The van der Waals surface area contributed by atoms with E-state index >= 15 is 0 Å². The van der Waals surface area contributed by atoms with Gasteiger partial charge in [0.1, 0.15) is 0 Å². The van der Waals surface area contributed by atoms with Crippen molar-refractivity contribution in [3.8, 4) is 0 Å². The molecule has 0 aliphatic rings. The van der Waals surface area contributed by atoms with Crippen molar-refractivity contribution in [2.24, 2.45) is 10.3 Å². The highest BCUT2D eigenvalue weighted by molar-refractivity contribution is 7.93. The van der Waals surface area contributed by atoms with Crippen LogP contribution in [0.3, 0.4) is 0 Å². The molecule has 0 aliphatic heterocycles. The van der Waals surface area contributed by atoms with Crippen LogP contribution in [0.4, 0.5) is 0 Å². The van der Waals surface area contributed by atoms with Crippen molar-refractivity contribution in [3.05, 3.63) is 71.8 Å². The molecule has 1 atom stereocenters. The molecule has 0 saturated carbocycles. The highest BCUT2D eigenvalue weighted by Crippen LogP contribution is 2.13. The summed E-state index contributed by atoms with van der Waals surface area (Å²) in [6.07, 6.45) is 0.901. The van der Waals surface area contributed by atoms with Crippen LogP contribution < -0.4 is 0 Å². The summed E-state index contributed by atoms with van der Waals surface area (Å²) in [7, 11) is -2.64. The first kappa shape index (κ1) is 22.6. The fourth-order valence-corrected chi connectivity index (χ4v) is 4.91. The highest BCUT2D eigenvalue weighted by atomic mass is 32.2. The van der Waals surface area contributed by atoms with Gasteiger partial charge in [-0.25, -0.2) is 8.57 Å². The molecule has 0 saturated heterocycles. The number of aliphatic carboxylic acids is 2. The summed E-state index contributed by atoms with van der Waals surface area (Å²) in [6.45, 7) is -0.134. The standard InChI is InChI=1S/C22H27NO5S/c24-21(25)12-11-20(22(26)27)17-23-29(28,15-13-18-7-3-1-4-8-18)16-14-19-9-5-2-6-10-19/h1-10,20H,11-17H2,(H,24,25)(H,26,27). The minimum atomic E-state index is -2.64. The Morgan fingerprint density at radius 2 is 1.34 bits per heavy atom. The SMILES string of the molecule is O=C(O)CCC(CN=S(=O)(CCc1ccccc1)CCc1ccccc1)C(=O)O. The molecule has 2 aromatic rings. The van der Waals surface area contributed by atoms with E-state index in [1.807, 2.05) is 60.7 Å². The molecule has 0 radical (unpaired) electrons. The summed E-state index contributed by atoms with van der Waals surface area (Å²) >= 11 is 0. The Balaban J connectivity index is 2.14. The van der Waals surface area contributed by atoms with Crippen LogP contribution in [-0.2, 0) is 32.2 Å². The number of aryl methyl sites for hydroxylation is 2. The Hall–Kier alpha value is -2.67. The normalized spacial score (nSPS) is 12.3. The van der Waals surface area contributed by atoms with Gasteiger partial charge in [-0.05, 0) is 30.4 Å². The molecule has 2 rings (SSSR count). The van der Waals surface area contributed by atoms with Crippen LogP contribution in [0, 0.1) is 5.92 Å². The van der Waals surface area contributed by atoms with Gasteiger partial charge in [0.05, 0.1) is 12.5 Å². The number of rotatable bonds is 12. The van der Waals surface area contributed by atoms with Crippen molar-refractivity contribution < 1.29 is 24.0 Å². The molecule has 0 amide bonds. The number of benzene rings is 2. The number of carbonyl (C=O) groups is 2. The van der Waals surface area contributed by atoms with Gasteiger partial charge < -0.3 is 10.2 Å². The second kappa shape index (κ2) is 11.4. The predicted octanol–water partition coefficient (Wildman–Crippen LogP) is 3.51. The fourth-order valence-electron chi connectivity index (χ4n) is 2.89. The molecule has 0 aromatic heterocycles. The van der Waals surface area contributed by atoms with Crippen molar-refractivity contribution in [1.82, 2.24) is 0 Å². The van der Waals surface area contributed by atoms with Gasteiger partial charge in [-0.15, -0.1) is 0 Å². The number of nitrogens with zero attached hydrogens (tertiary/aromatic N) is 1. The molecule has 156 valence electrons. The van der Waals surface area contributed by atoms with E-state index in [1.165, 1.54) is 0 Å². The maximum atomic E-state index is 13.5. The Labute approximate surface area is 171 Å². The minimum absolute atomic E-state index is 0.0267. The third-order valence-electron chi connectivity index (χ3n) is 4.69. The zero-order valence-electron chi connectivity index (χ0n) is 16.3. The van der Waals surface area contributed by atoms with Crippen LogP contribution in [0.2, 0.25) is 0 Å². The lowest BCUT2D eigenvalue weighted by Gasteiger charge is -2.14. The maximum absolute atomic E-state index is 13.5. The van der Waals surface area contributed by atoms with Crippen molar-refractivity contribution in [3.63, 3.8) is 0 Å². The number of carboxylic acids is 2. The van der Waals surface area contributed by atoms with Crippen molar-refractivity contribution >= 4 is 21.7 Å². The molecule has 0 heterocycles. The number of hydrogen-bond donors (Lipinski definition) is 2. The smallest absolute Gasteiger partial charge is 0.308 e. The third-order valence-corrected chi connectivity index (χ3v) is 6.99.